The van der Waals surface area contributed by atoms with Gasteiger partial charge in [-0.25, -0.2) is 12.8 Å². The second-order valence-corrected chi connectivity index (χ2v) is 9.34. The van der Waals surface area contributed by atoms with E-state index in [0.717, 1.165) is 10.4 Å². The number of halogens is 1. The minimum absolute atomic E-state index is 0.0841. The Kier molecular flexibility index (Phi) is 4.36. The number of anilines is 1. The fourth-order valence-corrected chi connectivity index (χ4v) is 6.15. The van der Waals surface area contributed by atoms with Crippen molar-refractivity contribution in [3.63, 3.8) is 0 Å². The van der Waals surface area contributed by atoms with Crippen LogP contribution in [0.1, 0.15) is 28.3 Å². The molecule has 1 aliphatic heterocycles. The van der Waals surface area contributed by atoms with Crippen LogP contribution in [0.5, 0.6) is 0 Å². The smallest absolute Gasteiger partial charge is 0.225 e. The number of amides is 1. The molecule has 0 fully saturated rings. The summed E-state index contributed by atoms with van der Waals surface area (Å²) in [5.41, 5.74) is 1.93. The van der Waals surface area contributed by atoms with Gasteiger partial charge in [-0.2, -0.15) is 0 Å². The van der Waals surface area contributed by atoms with Crippen LogP contribution in [0.25, 0.3) is 0 Å². The fourth-order valence-electron chi connectivity index (χ4n) is 3.24. The average Bonchev–Trinajstić information content (AvgIpc) is 3.06. The van der Waals surface area contributed by atoms with E-state index in [4.69, 9.17) is 0 Å². The standard InChI is InChI=1S/C20H16FNO3S2/c1-12-5-7-15(8-6-12)27(24,25)17-11-26-20-16(10-18(23)22-19(17)20)13-3-2-4-14(21)9-13/h2-9,11,16H,10H2,1H3,(H,22,23). The monoisotopic (exact) mass is 401 g/mol. The Morgan fingerprint density at radius 2 is 1.89 bits per heavy atom. The molecule has 1 aromatic heterocycles. The SMILES string of the molecule is Cc1ccc(S(=O)(=O)c2csc3c2NC(=O)CC3c2cccc(F)c2)cc1. The van der Waals surface area contributed by atoms with Crippen LogP contribution in [-0.4, -0.2) is 14.3 Å². The summed E-state index contributed by atoms with van der Waals surface area (Å²) in [4.78, 5) is 13.2. The molecule has 1 amide bonds. The summed E-state index contributed by atoms with van der Waals surface area (Å²) < 4.78 is 39.8. The van der Waals surface area contributed by atoms with Gasteiger partial charge in [0.1, 0.15) is 10.7 Å². The van der Waals surface area contributed by atoms with Crippen LogP contribution in [0.15, 0.2) is 63.7 Å². The highest BCUT2D eigenvalue weighted by Gasteiger charge is 2.34. The molecule has 1 N–H and O–H groups in total. The molecule has 0 radical (unpaired) electrons. The van der Waals surface area contributed by atoms with Gasteiger partial charge in [0.25, 0.3) is 0 Å². The van der Waals surface area contributed by atoms with E-state index in [1.165, 1.54) is 23.5 Å². The molecular formula is C20H16FNO3S2. The van der Waals surface area contributed by atoms with Crippen molar-refractivity contribution in [2.45, 2.75) is 29.1 Å². The number of sulfone groups is 1. The molecule has 1 aliphatic rings. The van der Waals surface area contributed by atoms with E-state index in [2.05, 4.69) is 5.32 Å². The summed E-state index contributed by atoms with van der Waals surface area (Å²) in [5, 5.41) is 4.26. The number of carbonyl (C=O) groups is 1. The zero-order valence-corrected chi connectivity index (χ0v) is 16.0. The number of benzene rings is 2. The van der Waals surface area contributed by atoms with Crippen molar-refractivity contribution in [2.75, 3.05) is 5.32 Å². The van der Waals surface area contributed by atoms with Gasteiger partial charge in [-0.15, -0.1) is 11.3 Å². The molecule has 0 saturated carbocycles. The van der Waals surface area contributed by atoms with Gasteiger partial charge in [-0.3, -0.25) is 4.79 Å². The van der Waals surface area contributed by atoms with Gasteiger partial charge >= 0.3 is 0 Å². The molecule has 0 bridgehead atoms. The van der Waals surface area contributed by atoms with Gasteiger partial charge < -0.3 is 5.32 Å². The van der Waals surface area contributed by atoms with E-state index in [0.29, 0.717) is 11.3 Å². The van der Waals surface area contributed by atoms with Gasteiger partial charge in [0.2, 0.25) is 15.7 Å². The zero-order chi connectivity index (χ0) is 19.2. The minimum Gasteiger partial charge on any atom is -0.324 e. The van der Waals surface area contributed by atoms with E-state index in [9.17, 15) is 17.6 Å². The maximum Gasteiger partial charge on any atom is 0.225 e. The van der Waals surface area contributed by atoms with Crippen LogP contribution in [0.4, 0.5) is 10.1 Å². The van der Waals surface area contributed by atoms with E-state index >= 15 is 0 Å². The lowest BCUT2D eigenvalue weighted by Gasteiger charge is -2.23. The van der Waals surface area contributed by atoms with E-state index in [1.54, 1.807) is 41.8 Å². The third-order valence-corrected chi connectivity index (χ3v) is 7.67. The first-order valence-electron chi connectivity index (χ1n) is 8.35. The quantitative estimate of drug-likeness (QED) is 0.703. The van der Waals surface area contributed by atoms with Crippen LogP contribution in [-0.2, 0) is 14.6 Å². The summed E-state index contributed by atoms with van der Waals surface area (Å²) in [6, 6.07) is 12.7. The van der Waals surface area contributed by atoms with Crippen LogP contribution in [0.3, 0.4) is 0 Å². The van der Waals surface area contributed by atoms with Gasteiger partial charge in [0, 0.05) is 22.6 Å². The number of aryl methyl sites for hydroxylation is 1. The average molecular weight is 401 g/mol. The summed E-state index contributed by atoms with van der Waals surface area (Å²) in [6.07, 6.45) is 0.154. The van der Waals surface area contributed by atoms with Gasteiger partial charge in [0.05, 0.1) is 10.6 Å². The number of hydrogen-bond acceptors (Lipinski definition) is 4. The Labute approximate surface area is 160 Å². The first-order valence-corrected chi connectivity index (χ1v) is 10.7. The first kappa shape index (κ1) is 17.9. The molecule has 138 valence electrons. The molecular weight excluding hydrogens is 385 g/mol. The second kappa shape index (κ2) is 6.58. The Morgan fingerprint density at radius 3 is 2.59 bits per heavy atom. The maximum absolute atomic E-state index is 13.7. The molecule has 3 aromatic rings. The van der Waals surface area contributed by atoms with E-state index < -0.39 is 9.84 Å². The summed E-state index contributed by atoms with van der Waals surface area (Å²) in [7, 11) is -3.77. The molecule has 1 atom stereocenters. The Morgan fingerprint density at radius 1 is 1.15 bits per heavy atom. The van der Waals surface area contributed by atoms with Crippen molar-refractivity contribution < 1.29 is 17.6 Å². The van der Waals surface area contributed by atoms with Gasteiger partial charge in [-0.1, -0.05) is 29.8 Å². The van der Waals surface area contributed by atoms with Crippen molar-refractivity contribution in [1.29, 1.82) is 0 Å². The summed E-state index contributed by atoms with van der Waals surface area (Å²) in [5.74, 6) is -1.03. The molecule has 0 saturated heterocycles. The molecule has 7 heteroatoms. The third kappa shape index (κ3) is 3.17. The molecule has 2 heterocycles. The predicted octanol–water partition coefficient (Wildman–Crippen LogP) is 4.50. The lowest BCUT2D eigenvalue weighted by atomic mass is 9.91. The highest BCUT2D eigenvalue weighted by Crippen LogP contribution is 2.45. The number of carbonyl (C=O) groups excluding carboxylic acids is 1. The first-order chi connectivity index (χ1) is 12.9. The largest absolute Gasteiger partial charge is 0.324 e. The molecule has 4 nitrogen and oxygen atoms in total. The Bertz CT molecular complexity index is 1130. The van der Waals surface area contributed by atoms with Crippen LogP contribution in [0, 0.1) is 12.7 Å². The number of thiophene rings is 1. The molecule has 27 heavy (non-hydrogen) atoms. The van der Waals surface area contributed by atoms with Crippen molar-refractivity contribution in [2.24, 2.45) is 0 Å². The van der Waals surface area contributed by atoms with Crippen LogP contribution < -0.4 is 5.32 Å². The van der Waals surface area contributed by atoms with E-state index in [-0.39, 0.29) is 33.9 Å². The zero-order valence-electron chi connectivity index (χ0n) is 14.4. The van der Waals surface area contributed by atoms with Gasteiger partial charge in [-0.05, 0) is 36.8 Å². The normalized spacial score (nSPS) is 16.7. The molecule has 4 rings (SSSR count). The number of hydrogen-bond donors (Lipinski definition) is 1. The number of nitrogens with one attached hydrogen (secondary N) is 1. The number of fused-ring (bicyclic) bond motifs is 1. The van der Waals surface area contributed by atoms with Crippen LogP contribution in [0.2, 0.25) is 0 Å². The fraction of sp³-hybridized carbons (Fsp3) is 0.150. The molecule has 0 aliphatic carbocycles. The lowest BCUT2D eigenvalue weighted by Crippen LogP contribution is -2.23. The van der Waals surface area contributed by atoms with Crippen LogP contribution >= 0.6 is 11.3 Å². The van der Waals surface area contributed by atoms with Crippen molar-refractivity contribution in [1.82, 2.24) is 0 Å². The topological polar surface area (TPSA) is 63.2 Å². The summed E-state index contributed by atoms with van der Waals surface area (Å²) >= 11 is 1.27. The van der Waals surface area contributed by atoms with Crippen molar-refractivity contribution in [3.05, 3.63) is 75.7 Å². The van der Waals surface area contributed by atoms with Crippen molar-refractivity contribution in [3.8, 4) is 0 Å². The molecule has 1 unspecified atom stereocenters. The highest BCUT2D eigenvalue weighted by molar-refractivity contribution is 7.91. The van der Waals surface area contributed by atoms with E-state index in [1.807, 2.05) is 6.92 Å². The Hall–Kier alpha value is -2.51. The predicted molar refractivity (Wildman–Crippen MR) is 102 cm³/mol. The second-order valence-electron chi connectivity index (χ2n) is 6.52. The third-order valence-electron chi connectivity index (χ3n) is 4.63. The minimum atomic E-state index is -3.77. The Balaban J connectivity index is 1.83. The number of rotatable bonds is 3. The maximum atomic E-state index is 13.7. The van der Waals surface area contributed by atoms with Gasteiger partial charge in [0.15, 0.2) is 0 Å². The summed E-state index contributed by atoms with van der Waals surface area (Å²) in [6.45, 7) is 1.88. The van der Waals surface area contributed by atoms with Crippen molar-refractivity contribution >= 4 is 32.8 Å². The molecule has 0 spiro atoms. The molecule has 2 aromatic carbocycles. The lowest BCUT2D eigenvalue weighted by molar-refractivity contribution is -0.116. The highest BCUT2D eigenvalue weighted by atomic mass is 32.2.